The summed E-state index contributed by atoms with van der Waals surface area (Å²) >= 11 is 6.39. The minimum Gasteiger partial charge on any atom is -0.366 e. The van der Waals surface area contributed by atoms with E-state index in [1.165, 1.54) is 22.4 Å². The molecule has 0 amide bonds. The number of rotatable bonds is 4. The van der Waals surface area contributed by atoms with Crippen LogP contribution >= 0.6 is 11.6 Å². The number of para-hydroxylation sites is 1. The molecule has 1 atom stereocenters. The van der Waals surface area contributed by atoms with Crippen molar-refractivity contribution in [2.24, 2.45) is 5.73 Å². The second-order valence-corrected chi connectivity index (χ2v) is 6.22. The number of anilines is 1. The maximum absolute atomic E-state index is 6.39. The highest BCUT2D eigenvalue weighted by atomic mass is 35.5. The van der Waals surface area contributed by atoms with Crippen LogP contribution in [0.4, 0.5) is 5.69 Å². The molecule has 3 rings (SSSR count). The zero-order valence-corrected chi connectivity index (χ0v) is 13.1. The quantitative estimate of drug-likeness (QED) is 0.921. The van der Waals surface area contributed by atoms with E-state index < -0.39 is 0 Å². The number of aryl methyl sites for hydroxylation is 1. The summed E-state index contributed by atoms with van der Waals surface area (Å²) in [6.07, 6.45) is 1.04. The van der Waals surface area contributed by atoms with Crippen molar-refractivity contribution in [1.82, 2.24) is 0 Å². The van der Waals surface area contributed by atoms with Gasteiger partial charge in [0.25, 0.3) is 0 Å². The van der Waals surface area contributed by atoms with Crippen molar-refractivity contribution in [2.75, 3.05) is 18.0 Å². The molecule has 0 saturated carbocycles. The smallest absolute Gasteiger partial charge is 0.0458 e. The van der Waals surface area contributed by atoms with E-state index in [1.54, 1.807) is 0 Å². The molecule has 2 aromatic carbocycles. The van der Waals surface area contributed by atoms with E-state index in [9.17, 15) is 0 Å². The summed E-state index contributed by atoms with van der Waals surface area (Å²) in [5, 5.41) is 0.856. The normalized spacial score (nSPS) is 17.1. The van der Waals surface area contributed by atoms with Gasteiger partial charge in [-0.2, -0.15) is 0 Å². The number of fused-ring (bicyclic) bond motifs is 1. The molecule has 0 spiro atoms. The molecule has 2 nitrogen and oxygen atoms in total. The molecule has 0 aromatic heterocycles. The molecule has 0 bridgehead atoms. The minimum atomic E-state index is 0.537. The van der Waals surface area contributed by atoms with Crippen LogP contribution in [-0.2, 0) is 6.54 Å². The second kappa shape index (κ2) is 6.08. The van der Waals surface area contributed by atoms with Crippen LogP contribution in [0.15, 0.2) is 42.5 Å². The Balaban J connectivity index is 1.86. The van der Waals surface area contributed by atoms with E-state index >= 15 is 0 Å². The molecule has 2 aromatic rings. The average Bonchev–Trinajstić information content (AvgIpc) is 2.81. The number of hydrogen-bond donors (Lipinski definition) is 1. The minimum absolute atomic E-state index is 0.537. The number of nitrogens with two attached hydrogens (primary N) is 1. The molecule has 0 aliphatic carbocycles. The van der Waals surface area contributed by atoms with Gasteiger partial charge in [-0.3, -0.25) is 0 Å². The predicted molar refractivity (Wildman–Crippen MR) is 90.1 cm³/mol. The Hall–Kier alpha value is -1.51. The van der Waals surface area contributed by atoms with Crippen LogP contribution in [0.3, 0.4) is 0 Å². The topological polar surface area (TPSA) is 29.3 Å². The van der Waals surface area contributed by atoms with Crippen LogP contribution in [0.1, 0.15) is 29.0 Å². The highest BCUT2D eigenvalue weighted by Gasteiger charge is 2.27. The second-order valence-electron chi connectivity index (χ2n) is 5.81. The summed E-state index contributed by atoms with van der Waals surface area (Å²) in [7, 11) is 0. The molecule has 0 radical (unpaired) electrons. The lowest BCUT2D eigenvalue weighted by atomic mass is 9.98. The van der Waals surface area contributed by atoms with E-state index in [4.69, 9.17) is 17.3 Å². The van der Waals surface area contributed by atoms with Gasteiger partial charge >= 0.3 is 0 Å². The van der Waals surface area contributed by atoms with Gasteiger partial charge in [0.05, 0.1) is 0 Å². The number of benzene rings is 2. The monoisotopic (exact) mass is 300 g/mol. The van der Waals surface area contributed by atoms with Gasteiger partial charge < -0.3 is 10.6 Å². The van der Waals surface area contributed by atoms with Gasteiger partial charge in [0.2, 0.25) is 0 Å². The molecule has 1 unspecified atom stereocenters. The molecule has 0 fully saturated rings. The van der Waals surface area contributed by atoms with E-state index in [-0.39, 0.29) is 0 Å². The van der Waals surface area contributed by atoms with Crippen LogP contribution in [0.25, 0.3) is 0 Å². The number of halogens is 1. The number of nitrogens with zero attached hydrogens (tertiary/aromatic N) is 1. The number of hydrogen-bond acceptors (Lipinski definition) is 2. The molecule has 0 saturated heterocycles. The Morgan fingerprint density at radius 1 is 1.24 bits per heavy atom. The van der Waals surface area contributed by atoms with Gasteiger partial charge in [0, 0.05) is 29.7 Å². The van der Waals surface area contributed by atoms with Crippen molar-refractivity contribution in [3.05, 3.63) is 64.2 Å². The average molecular weight is 301 g/mol. The molecular weight excluding hydrogens is 280 g/mol. The van der Waals surface area contributed by atoms with Gasteiger partial charge in [-0.15, -0.1) is 0 Å². The Kier molecular flexibility index (Phi) is 4.18. The maximum atomic E-state index is 6.39. The third-order valence-corrected chi connectivity index (χ3v) is 4.59. The largest absolute Gasteiger partial charge is 0.366 e. The highest BCUT2D eigenvalue weighted by Crippen LogP contribution is 2.39. The molecule has 1 heterocycles. The molecule has 1 aliphatic heterocycles. The lowest BCUT2D eigenvalue weighted by molar-refractivity contribution is 0.644. The maximum Gasteiger partial charge on any atom is 0.0458 e. The van der Waals surface area contributed by atoms with Crippen molar-refractivity contribution in [1.29, 1.82) is 0 Å². The zero-order chi connectivity index (χ0) is 14.8. The summed E-state index contributed by atoms with van der Waals surface area (Å²) in [5.41, 5.74) is 10.9. The Morgan fingerprint density at radius 3 is 2.81 bits per heavy atom. The summed E-state index contributed by atoms with van der Waals surface area (Å²) in [6, 6.07) is 15.0. The summed E-state index contributed by atoms with van der Waals surface area (Å²) < 4.78 is 0. The van der Waals surface area contributed by atoms with Gasteiger partial charge in [-0.25, -0.2) is 0 Å². The van der Waals surface area contributed by atoms with Crippen LogP contribution in [-0.4, -0.2) is 13.1 Å². The standard InChI is InChI=1S/C18H21ClN2/c1-13-6-7-15(17(19)10-13)12-21-11-14(8-9-20)16-4-2-3-5-18(16)21/h2-7,10,14H,8-9,11-12,20H2,1H3. The Morgan fingerprint density at radius 2 is 2.05 bits per heavy atom. The Labute approximate surface area is 131 Å². The zero-order valence-electron chi connectivity index (χ0n) is 12.3. The third kappa shape index (κ3) is 2.92. The van der Waals surface area contributed by atoms with E-state index in [2.05, 4.69) is 48.2 Å². The molecule has 1 aliphatic rings. The van der Waals surface area contributed by atoms with E-state index in [0.717, 1.165) is 31.1 Å². The van der Waals surface area contributed by atoms with Gasteiger partial charge in [0.1, 0.15) is 0 Å². The summed E-state index contributed by atoms with van der Waals surface area (Å²) in [6.45, 7) is 4.69. The van der Waals surface area contributed by atoms with Crippen LogP contribution in [0, 0.1) is 6.92 Å². The molecule has 3 heteroatoms. The van der Waals surface area contributed by atoms with Crippen molar-refractivity contribution in [3.63, 3.8) is 0 Å². The molecule has 21 heavy (non-hydrogen) atoms. The summed E-state index contributed by atoms with van der Waals surface area (Å²) in [5.74, 6) is 0.537. The van der Waals surface area contributed by atoms with Gasteiger partial charge in [-0.05, 0) is 48.7 Å². The van der Waals surface area contributed by atoms with Crippen LogP contribution in [0.5, 0.6) is 0 Å². The fraction of sp³-hybridized carbons (Fsp3) is 0.333. The lowest BCUT2D eigenvalue weighted by Gasteiger charge is -2.21. The van der Waals surface area contributed by atoms with Gasteiger partial charge in [0.15, 0.2) is 0 Å². The van der Waals surface area contributed by atoms with E-state index in [1.807, 2.05) is 6.07 Å². The van der Waals surface area contributed by atoms with Crippen molar-refractivity contribution in [3.8, 4) is 0 Å². The molecular formula is C18H21ClN2. The highest BCUT2D eigenvalue weighted by molar-refractivity contribution is 6.31. The van der Waals surface area contributed by atoms with Crippen molar-refractivity contribution < 1.29 is 0 Å². The van der Waals surface area contributed by atoms with Crippen LogP contribution in [0.2, 0.25) is 5.02 Å². The molecule has 110 valence electrons. The SMILES string of the molecule is Cc1ccc(CN2CC(CCN)c3ccccc32)c(Cl)c1. The fourth-order valence-electron chi connectivity index (χ4n) is 3.17. The van der Waals surface area contributed by atoms with Gasteiger partial charge in [-0.1, -0.05) is 41.9 Å². The van der Waals surface area contributed by atoms with Crippen molar-refractivity contribution in [2.45, 2.75) is 25.8 Å². The van der Waals surface area contributed by atoms with E-state index in [0.29, 0.717) is 5.92 Å². The third-order valence-electron chi connectivity index (χ3n) is 4.24. The molecule has 2 N–H and O–H groups in total. The predicted octanol–water partition coefficient (Wildman–Crippen LogP) is 4.10. The Bertz CT molecular complexity index is 639. The van der Waals surface area contributed by atoms with Crippen molar-refractivity contribution >= 4 is 17.3 Å². The lowest BCUT2D eigenvalue weighted by Crippen LogP contribution is -2.22. The first kappa shape index (κ1) is 14.4. The fourth-order valence-corrected chi connectivity index (χ4v) is 3.46. The first-order valence-electron chi connectivity index (χ1n) is 7.48. The van der Waals surface area contributed by atoms with Crippen LogP contribution < -0.4 is 10.6 Å². The first-order chi connectivity index (χ1) is 10.2. The first-order valence-corrected chi connectivity index (χ1v) is 7.86. The summed E-state index contributed by atoms with van der Waals surface area (Å²) in [4.78, 5) is 2.42.